The van der Waals surface area contributed by atoms with Crippen LogP contribution in [0.4, 0.5) is 0 Å². The fourth-order valence-electron chi connectivity index (χ4n) is 2.06. The molecule has 0 saturated carbocycles. The number of benzene rings is 1. The molecule has 1 aromatic carbocycles. The molecular formula is C14H21NO. The van der Waals surface area contributed by atoms with Crippen LogP contribution < -0.4 is 5.32 Å². The molecule has 1 aromatic rings. The highest BCUT2D eigenvalue weighted by atomic mass is 16.5. The Labute approximate surface area is 98.0 Å². The Morgan fingerprint density at radius 3 is 2.25 bits per heavy atom. The third-order valence-corrected chi connectivity index (χ3v) is 3.04. The lowest BCUT2D eigenvalue weighted by molar-refractivity contribution is -0.0168. The first kappa shape index (κ1) is 11.6. The minimum Gasteiger partial charge on any atom is -0.378 e. The quantitative estimate of drug-likeness (QED) is 0.844. The molecule has 0 aromatic heterocycles. The summed E-state index contributed by atoms with van der Waals surface area (Å²) in [6.45, 7) is 8.52. The van der Waals surface area contributed by atoms with E-state index in [1.54, 1.807) is 0 Å². The van der Waals surface area contributed by atoms with Crippen molar-refractivity contribution in [3.8, 4) is 0 Å². The summed E-state index contributed by atoms with van der Waals surface area (Å²) < 4.78 is 5.22. The maximum absolute atomic E-state index is 5.22. The van der Waals surface area contributed by atoms with Crippen LogP contribution in [0, 0.1) is 5.41 Å². The SMILES string of the molecule is CC(C)(C)C(NC1COC1)c1ccccc1. The first-order valence-corrected chi connectivity index (χ1v) is 5.96. The second-order valence-electron chi connectivity index (χ2n) is 5.61. The summed E-state index contributed by atoms with van der Waals surface area (Å²) in [7, 11) is 0. The van der Waals surface area contributed by atoms with E-state index in [9.17, 15) is 0 Å². The molecule has 0 radical (unpaired) electrons. The molecule has 0 bridgehead atoms. The van der Waals surface area contributed by atoms with Crippen LogP contribution in [0.25, 0.3) is 0 Å². The lowest BCUT2D eigenvalue weighted by Crippen LogP contribution is -2.50. The minimum absolute atomic E-state index is 0.219. The second kappa shape index (κ2) is 4.56. The van der Waals surface area contributed by atoms with Crippen molar-refractivity contribution in [1.82, 2.24) is 5.32 Å². The zero-order valence-corrected chi connectivity index (χ0v) is 10.4. The van der Waals surface area contributed by atoms with Crippen LogP contribution in [0.3, 0.4) is 0 Å². The van der Waals surface area contributed by atoms with E-state index in [0.29, 0.717) is 12.1 Å². The second-order valence-corrected chi connectivity index (χ2v) is 5.61. The molecule has 1 N–H and O–H groups in total. The largest absolute Gasteiger partial charge is 0.378 e. The van der Waals surface area contributed by atoms with Gasteiger partial charge in [-0.2, -0.15) is 0 Å². The van der Waals surface area contributed by atoms with Gasteiger partial charge in [0.15, 0.2) is 0 Å². The van der Waals surface area contributed by atoms with E-state index >= 15 is 0 Å². The molecule has 0 spiro atoms. The van der Waals surface area contributed by atoms with E-state index < -0.39 is 0 Å². The van der Waals surface area contributed by atoms with Gasteiger partial charge in [-0.15, -0.1) is 0 Å². The van der Waals surface area contributed by atoms with Gasteiger partial charge < -0.3 is 10.1 Å². The maximum atomic E-state index is 5.22. The summed E-state index contributed by atoms with van der Waals surface area (Å²) in [5, 5.41) is 3.68. The molecule has 1 unspecified atom stereocenters. The first-order valence-electron chi connectivity index (χ1n) is 5.96. The number of hydrogen-bond acceptors (Lipinski definition) is 2. The van der Waals surface area contributed by atoms with Gasteiger partial charge in [0.2, 0.25) is 0 Å². The highest BCUT2D eigenvalue weighted by Gasteiger charge is 2.30. The van der Waals surface area contributed by atoms with Crippen LogP contribution in [-0.2, 0) is 4.74 Å². The van der Waals surface area contributed by atoms with Crippen molar-refractivity contribution in [2.24, 2.45) is 5.41 Å². The Kier molecular flexibility index (Phi) is 3.31. The summed E-state index contributed by atoms with van der Waals surface area (Å²) in [4.78, 5) is 0. The van der Waals surface area contributed by atoms with Crippen LogP contribution in [0.15, 0.2) is 30.3 Å². The van der Waals surface area contributed by atoms with Crippen molar-refractivity contribution in [2.75, 3.05) is 13.2 Å². The molecule has 16 heavy (non-hydrogen) atoms. The smallest absolute Gasteiger partial charge is 0.0643 e. The number of ether oxygens (including phenoxy) is 1. The molecule has 1 aliphatic heterocycles. The lowest BCUT2D eigenvalue weighted by Gasteiger charge is -2.38. The molecule has 1 heterocycles. The van der Waals surface area contributed by atoms with Gasteiger partial charge in [-0.25, -0.2) is 0 Å². The zero-order chi connectivity index (χ0) is 11.6. The highest BCUT2D eigenvalue weighted by Crippen LogP contribution is 2.33. The van der Waals surface area contributed by atoms with Gasteiger partial charge in [0.25, 0.3) is 0 Å². The van der Waals surface area contributed by atoms with Crippen molar-refractivity contribution in [3.63, 3.8) is 0 Å². The molecule has 1 aliphatic rings. The predicted octanol–water partition coefficient (Wildman–Crippen LogP) is 2.76. The van der Waals surface area contributed by atoms with Crippen molar-refractivity contribution in [1.29, 1.82) is 0 Å². The molecule has 0 aliphatic carbocycles. The number of nitrogens with one attached hydrogen (secondary N) is 1. The van der Waals surface area contributed by atoms with Crippen LogP contribution in [-0.4, -0.2) is 19.3 Å². The van der Waals surface area contributed by atoms with Gasteiger partial charge in [0, 0.05) is 6.04 Å². The molecule has 1 atom stereocenters. The molecule has 1 fully saturated rings. The molecule has 2 nitrogen and oxygen atoms in total. The van der Waals surface area contributed by atoms with Crippen molar-refractivity contribution < 1.29 is 4.74 Å². The normalized spacial score (nSPS) is 19.2. The maximum Gasteiger partial charge on any atom is 0.0643 e. The number of rotatable bonds is 3. The molecule has 2 rings (SSSR count). The van der Waals surface area contributed by atoms with Gasteiger partial charge >= 0.3 is 0 Å². The van der Waals surface area contributed by atoms with Crippen LogP contribution >= 0.6 is 0 Å². The highest BCUT2D eigenvalue weighted by molar-refractivity contribution is 5.21. The van der Waals surface area contributed by atoms with Gasteiger partial charge in [0.1, 0.15) is 0 Å². The van der Waals surface area contributed by atoms with Crippen molar-refractivity contribution in [2.45, 2.75) is 32.9 Å². The third-order valence-electron chi connectivity index (χ3n) is 3.04. The summed E-state index contributed by atoms with van der Waals surface area (Å²) in [6, 6.07) is 11.6. The van der Waals surface area contributed by atoms with E-state index in [1.807, 2.05) is 0 Å². The predicted molar refractivity (Wildman–Crippen MR) is 66.4 cm³/mol. The van der Waals surface area contributed by atoms with Crippen LogP contribution in [0.1, 0.15) is 32.4 Å². The van der Waals surface area contributed by atoms with Gasteiger partial charge in [-0.1, -0.05) is 51.1 Å². The number of hydrogen-bond donors (Lipinski definition) is 1. The Morgan fingerprint density at radius 2 is 1.81 bits per heavy atom. The van der Waals surface area contributed by atoms with Crippen LogP contribution in [0.5, 0.6) is 0 Å². The monoisotopic (exact) mass is 219 g/mol. The average Bonchev–Trinajstić information content (AvgIpc) is 2.15. The van der Waals surface area contributed by atoms with E-state index in [4.69, 9.17) is 4.74 Å². The minimum atomic E-state index is 0.219. The van der Waals surface area contributed by atoms with Crippen molar-refractivity contribution >= 4 is 0 Å². The summed E-state index contributed by atoms with van der Waals surface area (Å²) in [6.07, 6.45) is 0. The Morgan fingerprint density at radius 1 is 1.19 bits per heavy atom. The topological polar surface area (TPSA) is 21.3 Å². The first-order chi connectivity index (χ1) is 7.57. The average molecular weight is 219 g/mol. The van der Waals surface area contributed by atoms with Crippen molar-refractivity contribution in [3.05, 3.63) is 35.9 Å². The molecule has 1 saturated heterocycles. The fourth-order valence-corrected chi connectivity index (χ4v) is 2.06. The molecule has 0 amide bonds. The fraction of sp³-hybridized carbons (Fsp3) is 0.571. The summed E-state index contributed by atoms with van der Waals surface area (Å²) >= 11 is 0. The molecular weight excluding hydrogens is 198 g/mol. The van der Waals surface area contributed by atoms with E-state index in [2.05, 4.69) is 56.4 Å². The summed E-state index contributed by atoms with van der Waals surface area (Å²) in [5.74, 6) is 0. The Balaban J connectivity index is 2.14. The lowest BCUT2D eigenvalue weighted by atomic mass is 9.82. The summed E-state index contributed by atoms with van der Waals surface area (Å²) in [5.41, 5.74) is 1.58. The van der Waals surface area contributed by atoms with E-state index in [0.717, 1.165) is 13.2 Å². The van der Waals surface area contributed by atoms with Gasteiger partial charge in [0.05, 0.1) is 19.3 Å². The van der Waals surface area contributed by atoms with Crippen LogP contribution in [0.2, 0.25) is 0 Å². The Bertz CT molecular complexity index is 324. The van der Waals surface area contributed by atoms with E-state index in [-0.39, 0.29) is 5.41 Å². The Hall–Kier alpha value is -0.860. The standard InChI is InChI=1S/C14H21NO/c1-14(2,3)13(15-12-9-16-10-12)11-7-5-4-6-8-11/h4-8,12-13,15H,9-10H2,1-3H3. The zero-order valence-electron chi connectivity index (χ0n) is 10.4. The third kappa shape index (κ3) is 2.63. The van der Waals surface area contributed by atoms with Gasteiger partial charge in [-0.05, 0) is 11.0 Å². The van der Waals surface area contributed by atoms with E-state index in [1.165, 1.54) is 5.56 Å². The molecule has 2 heteroatoms. The molecule has 88 valence electrons. The van der Waals surface area contributed by atoms with Gasteiger partial charge in [-0.3, -0.25) is 0 Å².